The van der Waals surface area contributed by atoms with Crippen molar-refractivity contribution >= 4 is 17.5 Å². The molecule has 1 aliphatic rings. The van der Waals surface area contributed by atoms with Crippen LogP contribution in [0.4, 0.5) is 0 Å². The smallest absolute Gasteiger partial charge is 0.254 e. The summed E-state index contributed by atoms with van der Waals surface area (Å²) >= 11 is 5.87. The summed E-state index contributed by atoms with van der Waals surface area (Å²) in [6.45, 7) is 0.808. The first-order valence-electron chi connectivity index (χ1n) is 5.77. The van der Waals surface area contributed by atoms with Crippen LogP contribution in [-0.4, -0.2) is 36.4 Å². The van der Waals surface area contributed by atoms with Crippen molar-refractivity contribution in [1.82, 2.24) is 4.90 Å². The zero-order chi connectivity index (χ0) is 12.3. The van der Waals surface area contributed by atoms with E-state index in [9.17, 15) is 4.79 Å². The van der Waals surface area contributed by atoms with Gasteiger partial charge in [0.25, 0.3) is 5.91 Å². The summed E-state index contributed by atoms with van der Waals surface area (Å²) in [4.78, 5) is 14.1. The quantitative estimate of drug-likeness (QED) is 0.775. The minimum Gasteiger partial charge on any atom is -0.497 e. The maximum atomic E-state index is 12.2. The van der Waals surface area contributed by atoms with Gasteiger partial charge in [-0.2, -0.15) is 0 Å². The molecule has 0 aliphatic carbocycles. The summed E-state index contributed by atoms with van der Waals surface area (Å²) < 4.78 is 5.07. The Morgan fingerprint density at radius 3 is 2.76 bits per heavy atom. The van der Waals surface area contributed by atoms with Crippen LogP contribution >= 0.6 is 11.6 Å². The Hall–Kier alpha value is -1.22. The fourth-order valence-corrected chi connectivity index (χ4v) is 2.48. The van der Waals surface area contributed by atoms with Crippen LogP contribution in [0.3, 0.4) is 0 Å². The lowest BCUT2D eigenvalue weighted by molar-refractivity contribution is 0.0749. The van der Waals surface area contributed by atoms with Crippen molar-refractivity contribution in [2.75, 3.05) is 19.5 Å². The molecule has 1 aliphatic heterocycles. The van der Waals surface area contributed by atoms with Gasteiger partial charge in [-0.1, -0.05) is 0 Å². The Bertz CT molecular complexity index is 391. The Balaban J connectivity index is 2.13. The van der Waals surface area contributed by atoms with E-state index in [4.69, 9.17) is 16.3 Å². The van der Waals surface area contributed by atoms with Gasteiger partial charge in [0.05, 0.1) is 7.11 Å². The monoisotopic (exact) mass is 253 g/mol. The number of hydrogen-bond donors (Lipinski definition) is 0. The van der Waals surface area contributed by atoms with Crippen LogP contribution in [0, 0.1) is 0 Å². The lowest BCUT2D eigenvalue weighted by atomic mass is 10.1. The second-order valence-corrected chi connectivity index (χ2v) is 4.49. The lowest BCUT2D eigenvalue weighted by Crippen LogP contribution is -2.36. The first-order valence-corrected chi connectivity index (χ1v) is 6.30. The van der Waals surface area contributed by atoms with E-state index in [1.165, 1.54) is 0 Å². The maximum Gasteiger partial charge on any atom is 0.254 e. The van der Waals surface area contributed by atoms with Crippen LogP contribution in [0.1, 0.15) is 23.2 Å². The molecular formula is C13H16ClNO2. The van der Waals surface area contributed by atoms with E-state index >= 15 is 0 Å². The minimum absolute atomic E-state index is 0.0656. The van der Waals surface area contributed by atoms with Crippen LogP contribution in [0.25, 0.3) is 0 Å². The minimum atomic E-state index is 0.0656. The van der Waals surface area contributed by atoms with Gasteiger partial charge in [-0.05, 0) is 37.1 Å². The van der Waals surface area contributed by atoms with Crippen molar-refractivity contribution in [2.45, 2.75) is 18.9 Å². The zero-order valence-electron chi connectivity index (χ0n) is 9.86. The number of nitrogens with zero attached hydrogens (tertiary/aromatic N) is 1. The molecule has 4 heteroatoms. The third kappa shape index (κ3) is 2.55. The number of ether oxygens (including phenoxy) is 1. The fraction of sp³-hybridized carbons (Fsp3) is 0.462. The van der Waals surface area contributed by atoms with Crippen LogP contribution in [0.2, 0.25) is 0 Å². The highest BCUT2D eigenvalue weighted by Crippen LogP contribution is 2.22. The van der Waals surface area contributed by atoms with Crippen molar-refractivity contribution in [3.05, 3.63) is 29.8 Å². The highest BCUT2D eigenvalue weighted by Gasteiger charge is 2.28. The normalized spacial score (nSPS) is 19.4. The van der Waals surface area contributed by atoms with Gasteiger partial charge in [-0.15, -0.1) is 11.6 Å². The molecule has 0 radical (unpaired) electrons. The number of benzene rings is 1. The number of carbonyl (C=O) groups excluding carboxylic acids is 1. The topological polar surface area (TPSA) is 29.5 Å². The largest absolute Gasteiger partial charge is 0.497 e. The predicted octanol–water partition coefficient (Wildman–Crippen LogP) is 2.54. The van der Waals surface area contributed by atoms with Gasteiger partial charge in [0.1, 0.15) is 5.75 Å². The Morgan fingerprint density at radius 1 is 1.47 bits per heavy atom. The molecule has 1 aromatic carbocycles. The molecule has 1 aromatic rings. The number of hydrogen-bond acceptors (Lipinski definition) is 2. The third-order valence-electron chi connectivity index (χ3n) is 3.15. The summed E-state index contributed by atoms with van der Waals surface area (Å²) in [5.41, 5.74) is 0.697. The van der Waals surface area contributed by atoms with Gasteiger partial charge in [-0.3, -0.25) is 4.79 Å². The van der Waals surface area contributed by atoms with E-state index in [1.54, 1.807) is 31.4 Å². The number of likely N-dealkylation sites (tertiary alicyclic amines) is 1. The highest BCUT2D eigenvalue weighted by molar-refractivity contribution is 6.18. The number of alkyl halides is 1. The number of amides is 1. The average molecular weight is 254 g/mol. The van der Waals surface area contributed by atoms with Crippen molar-refractivity contribution in [2.24, 2.45) is 0 Å². The fourth-order valence-electron chi connectivity index (χ4n) is 2.16. The van der Waals surface area contributed by atoms with E-state index in [2.05, 4.69) is 0 Å². The van der Waals surface area contributed by atoms with E-state index in [1.807, 2.05) is 4.90 Å². The Morgan fingerprint density at radius 2 is 2.18 bits per heavy atom. The van der Waals surface area contributed by atoms with Crippen LogP contribution in [-0.2, 0) is 0 Å². The van der Waals surface area contributed by atoms with Crippen molar-refractivity contribution < 1.29 is 9.53 Å². The SMILES string of the molecule is COc1ccc(C(=O)N2CCC[C@H]2CCl)cc1. The van der Waals surface area contributed by atoms with E-state index in [0.717, 1.165) is 25.1 Å². The molecule has 1 heterocycles. The summed E-state index contributed by atoms with van der Waals surface area (Å²) in [7, 11) is 1.61. The Labute approximate surface area is 106 Å². The van der Waals surface area contributed by atoms with Gasteiger partial charge < -0.3 is 9.64 Å². The summed E-state index contributed by atoms with van der Waals surface area (Å²) in [6.07, 6.45) is 2.05. The van der Waals surface area contributed by atoms with Crippen LogP contribution < -0.4 is 4.74 Å². The standard InChI is InChI=1S/C13H16ClNO2/c1-17-12-6-4-10(5-7-12)13(16)15-8-2-3-11(15)9-14/h4-7,11H,2-3,8-9H2,1H3/t11-/m0/s1. The predicted molar refractivity (Wildman–Crippen MR) is 67.8 cm³/mol. The van der Waals surface area contributed by atoms with Crippen molar-refractivity contribution in [3.63, 3.8) is 0 Å². The van der Waals surface area contributed by atoms with Crippen molar-refractivity contribution in [1.29, 1.82) is 0 Å². The molecule has 1 amide bonds. The molecule has 0 N–H and O–H groups in total. The molecule has 0 aromatic heterocycles. The lowest BCUT2D eigenvalue weighted by Gasteiger charge is -2.22. The molecule has 3 nitrogen and oxygen atoms in total. The number of carbonyl (C=O) groups is 1. The van der Waals surface area contributed by atoms with Gasteiger partial charge in [0.15, 0.2) is 0 Å². The molecule has 0 saturated carbocycles. The number of rotatable bonds is 3. The maximum absolute atomic E-state index is 12.2. The molecule has 0 spiro atoms. The van der Waals surface area contributed by atoms with Crippen molar-refractivity contribution in [3.8, 4) is 5.75 Å². The van der Waals surface area contributed by atoms with Crippen LogP contribution in [0.5, 0.6) is 5.75 Å². The molecule has 0 bridgehead atoms. The van der Waals surface area contributed by atoms with Gasteiger partial charge >= 0.3 is 0 Å². The molecular weight excluding hydrogens is 238 g/mol. The molecule has 1 saturated heterocycles. The van der Waals surface area contributed by atoms with Gasteiger partial charge in [0, 0.05) is 24.0 Å². The summed E-state index contributed by atoms with van der Waals surface area (Å²) in [5.74, 6) is 1.34. The second-order valence-electron chi connectivity index (χ2n) is 4.18. The number of halogens is 1. The van der Waals surface area contributed by atoms with Gasteiger partial charge in [-0.25, -0.2) is 0 Å². The van der Waals surface area contributed by atoms with E-state index in [-0.39, 0.29) is 11.9 Å². The first kappa shape index (κ1) is 12.2. The molecule has 17 heavy (non-hydrogen) atoms. The zero-order valence-corrected chi connectivity index (χ0v) is 10.6. The Kier molecular flexibility index (Phi) is 3.89. The average Bonchev–Trinajstić information content (AvgIpc) is 2.86. The molecule has 0 unspecified atom stereocenters. The number of methoxy groups -OCH3 is 1. The highest BCUT2D eigenvalue weighted by atomic mass is 35.5. The summed E-state index contributed by atoms with van der Waals surface area (Å²) in [6, 6.07) is 7.39. The molecule has 92 valence electrons. The second kappa shape index (κ2) is 5.41. The molecule has 1 atom stereocenters. The van der Waals surface area contributed by atoms with Gasteiger partial charge in [0.2, 0.25) is 0 Å². The van der Waals surface area contributed by atoms with E-state index in [0.29, 0.717) is 11.4 Å². The molecule has 2 rings (SSSR count). The van der Waals surface area contributed by atoms with E-state index < -0.39 is 0 Å². The third-order valence-corrected chi connectivity index (χ3v) is 3.51. The first-order chi connectivity index (χ1) is 8.26. The molecule has 1 fully saturated rings. The van der Waals surface area contributed by atoms with Crippen LogP contribution in [0.15, 0.2) is 24.3 Å². The summed E-state index contributed by atoms with van der Waals surface area (Å²) in [5, 5.41) is 0.